The molecule has 1 aliphatic heterocycles. The summed E-state index contributed by atoms with van der Waals surface area (Å²) in [6, 6.07) is 12.8. The molecule has 2 aromatic heterocycles. The van der Waals surface area contributed by atoms with E-state index in [1.165, 1.54) is 5.69 Å². The molecule has 1 fully saturated rings. The van der Waals surface area contributed by atoms with Crippen molar-refractivity contribution in [2.75, 3.05) is 25.0 Å². The van der Waals surface area contributed by atoms with Crippen LogP contribution in [0.4, 0.5) is 5.69 Å². The number of aryl methyl sites for hydroxylation is 1. The number of amides is 1. The number of carbonyl (C=O) groups excluding carboxylic acids is 1. The van der Waals surface area contributed by atoms with Gasteiger partial charge in [0.15, 0.2) is 5.65 Å². The normalized spacial score (nSPS) is 15.4. The predicted molar refractivity (Wildman–Crippen MR) is 102 cm³/mol. The Labute approximate surface area is 152 Å². The second-order valence-corrected chi connectivity index (χ2v) is 6.91. The number of carbonyl (C=O) groups is 1. The molecule has 0 aliphatic carbocycles. The topological polar surface area (TPSA) is 65.1 Å². The van der Waals surface area contributed by atoms with Crippen LogP contribution in [0.2, 0.25) is 0 Å². The maximum absolute atomic E-state index is 12.9. The van der Waals surface area contributed by atoms with Gasteiger partial charge in [-0.3, -0.25) is 9.89 Å². The molecular formula is C20H23N5O. The molecule has 0 spiro atoms. The number of piperidine rings is 1. The highest BCUT2D eigenvalue weighted by atomic mass is 16.2. The fraction of sp³-hybridized carbons (Fsp3) is 0.350. The first kappa shape index (κ1) is 16.6. The van der Waals surface area contributed by atoms with Crippen molar-refractivity contribution in [3.8, 4) is 0 Å². The summed E-state index contributed by atoms with van der Waals surface area (Å²) in [6.45, 7) is 3.47. The van der Waals surface area contributed by atoms with Crippen molar-refractivity contribution >= 4 is 22.6 Å². The number of rotatable bonds is 3. The number of likely N-dealkylation sites (tertiary alicyclic amines) is 1. The van der Waals surface area contributed by atoms with Crippen LogP contribution < -0.4 is 4.90 Å². The minimum Gasteiger partial charge on any atom is -0.371 e. The molecule has 26 heavy (non-hydrogen) atoms. The van der Waals surface area contributed by atoms with E-state index in [-0.39, 0.29) is 5.91 Å². The molecule has 6 nitrogen and oxygen atoms in total. The highest BCUT2D eigenvalue weighted by Gasteiger charge is 2.26. The highest BCUT2D eigenvalue weighted by molar-refractivity contribution is 5.97. The lowest BCUT2D eigenvalue weighted by Gasteiger charge is -2.37. The van der Waals surface area contributed by atoms with Crippen LogP contribution in [0.25, 0.3) is 11.0 Å². The van der Waals surface area contributed by atoms with E-state index in [4.69, 9.17) is 0 Å². The third-order valence-electron chi connectivity index (χ3n) is 5.31. The standard InChI is InChI=1S/C20H23N5O/c1-14-18-12-15(13-21-19(18)23-22-14)20(26)25-10-8-17(9-11-25)24(2)16-6-4-3-5-7-16/h3-7,12-13,17H,8-11H2,1-2H3,(H,21,22,23). The summed E-state index contributed by atoms with van der Waals surface area (Å²) in [5.41, 5.74) is 3.45. The van der Waals surface area contributed by atoms with Crippen molar-refractivity contribution in [2.24, 2.45) is 0 Å². The molecule has 1 N–H and O–H groups in total. The molecule has 0 unspecified atom stereocenters. The van der Waals surface area contributed by atoms with Crippen molar-refractivity contribution in [1.82, 2.24) is 20.1 Å². The average molecular weight is 349 g/mol. The first-order chi connectivity index (χ1) is 12.6. The van der Waals surface area contributed by atoms with E-state index < -0.39 is 0 Å². The van der Waals surface area contributed by atoms with Gasteiger partial charge in [0.05, 0.1) is 5.56 Å². The van der Waals surface area contributed by atoms with Gasteiger partial charge >= 0.3 is 0 Å². The number of H-pyrrole nitrogens is 1. The van der Waals surface area contributed by atoms with E-state index in [1.807, 2.05) is 24.0 Å². The van der Waals surface area contributed by atoms with Crippen LogP contribution in [-0.4, -0.2) is 52.2 Å². The smallest absolute Gasteiger partial charge is 0.255 e. The lowest BCUT2D eigenvalue weighted by atomic mass is 10.0. The van der Waals surface area contributed by atoms with Crippen LogP contribution in [0, 0.1) is 6.92 Å². The maximum Gasteiger partial charge on any atom is 0.255 e. The first-order valence-electron chi connectivity index (χ1n) is 9.01. The number of benzene rings is 1. The molecule has 134 valence electrons. The molecule has 0 radical (unpaired) electrons. The van der Waals surface area contributed by atoms with Gasteiger partial charge in [-0.05, 0) is 38.0 Å². The number of aromatic amines is 1. The van der Waals surface area contributed by atoms with Gasteiger partial charge in [-0.1, -0.05) is 18.2 Å². The SMILES string of the molecule is Cc1[nH]nc2ncc(C(=O)N3CCC(N(C)c4ccccc4)CC3)cc12. The van der Waals surface area contributed by atoms with Crippen molar-refractivity contribution < 1.29 is 4.79 Å². The molecule has 1 amide bonds. The number of nitrogens with one attached hydrogen (secondary N) is 1. The number of fused-ring (bicyclic) bond motifs is 1. The summed E-state index contributed by atoms with van der Waals surface area (Å²) < 4.78 is 0. The lowest BCUT2D eigenvalue weighted by molar-refractivity contribution is 0.0713. The van der Waals surface area contributed by atoms with Crippen LogP contribution in [0.5, 0.6) is 0 Å². The second-order valence-electron chi connectivity index (χ2n) is 6.91. The summed E-state index contributed by atoms with van der Waals surface area (Å²) in [7, 11) is 2.14. The lowest BCUT2D eigenvalue weighted by Crippen LogP contribution is -2.45. The Bertz CT molecular complexity index is 912. The van der Waals surface area contributed by atoms with E-state index in [1.54, 1.807) is 6.20 Å². The molecule has 1 aromatic carbocycles. The highest BCUT2D eigenvalue weighted by Crippen LogP contribution is 2.23. The van der Waals surface area contributed by atoms with Crippen molar-refractivity contribution in [3.05, 3.63) is 53.9 Å². The van der Waals surface area contributed by atoms with E-state index in [0.717, 1.165) is 37.0 Å². The molecule has 6 heteroatoms. The number of anilines is 1. The molecule has 1 aliphatic rings. The fourth-order valence-electron chi connectivity index (χ4n) is 3.65. The Balaban J connectivity index is 1.43. The number of nitrogens with zero attached hydrogens (tertiary/aromatic N) is 4. The number of hydrogen-bond donors (Lipinski definition) is 1. The van der Waals surface area contributed by atoms with Gasteiger partial charge in [0.25, 0.3) is 5.91 Å². The van der Waals surface area contributed by atoms with Gasteiger partial charge in [-0.25, -0.2) is 4.98 Å². The zero-order valence-corrected chi connectivity index (χ0v) is 15.1. The molecule has 0 saturated carbocycles. The van der Waals surface area contributed by atoms with Gasteiger partial charge < -0.3 is 9.80 Å². The quantitative estimate of drug-likeness (QED) is 0.789. The Morgan fingerprint density at radius 2 is 1.96 bits per heavy atom. The zero-order valence-electron chi connectivity index (χ0n) is 15.1. The molecule has 4 rings (SSSR count). The fourth-order valence-corrected chi connectivity index (χ4v) is 3.65. The van der Waals surface area contributed by atoms with Gasteiger partial charge in [0.2, 0.25) is 0 Å². The Hall–Kier alpha value is -2.89. The van der Waals surface area contributed by atoms with Crippen molar-refractivity contribution in [3.63, 3.8) is 0 Å². The molecule has 3 heterocycles. The number of aromatic nitrogens is 3. The Morgan fingerprint density at radius 1 is 1.23 bits per heavy atom. The predicted octanol–water partition coefficient (Wildman–Crippen LogP) is 3.01. The van der Waals surface area contributed by atoms with Crippen molar-refractivity contribution in [2.45, 2.75) is 25.8 Å². The molecule has 0 bridgehead atoms. The Morgan fingerprint density at radius 3 is 2.69 bits per heavy atom. The van der Waals surface area contributed by atoms with Crippen LogP contribution in [-0.2, 0) is 0 Å². The third kappa shape index (κ3) is 3.03. The zero-order chi connectivity index (χ0) is 18.1. The second kappa shape index (κ2) is 6.78. The summed E-state index contributed by atoms with van der Waals surface area (Å²) in [5.74, 6) is 0.0563. The Kier molecular flexibility index (Phi) is 4.32. The molecule has 0 atom stereocenters. The third-order valence-corrected chi connectivity index (χ3v) is 5.31. The van der Waals surface area contributed by atoms with Crippen LogP contribution in [0.15, 0.2) is 42.6 Å². The van der Waals surface area contributed by atoms with E-state index >= 15 is 0 Å². The summed E-state index contributed by atoms with van der Waals surface area (Å²) in [6.07, 6.45) is 3.57. The molecule has 3 aromatic rings. The number of para-hydroxylation sites is 1. The van der Waals surface area contributed by atoms with Gasteiger partial charge in [0, 0.05) is 49.1 Å². The van der Waals surface area contributed by atoms with E-state index in [9.17, 15) is 4.79 Å². The van der Waals surface area contributed by atoms with Crippen LogP contribution >= 0.6 is 0 Å². The number of pyridine rings is 1. The van der Waals surface area contributed by atoms with E-state index in [2.05, 4.69) is 51.4 Å². The van der Waals surface area contributed by atoms with Gasteiger partial charge in [-0.15, -0.1) is 0 Å². The monoisotopic (exact) mass is 349 g/mol. The summed E-state index contributed by atoms with van der Waals surface area (Å²) >= 11 is 0. The largest absolute Gasteiger partial charge is 0.371 e. The number of hydrogen-bond acceptors (Lipinski definition) is 4. The molecular weight excluding hydrogens is 326 g/mol. The molecule has 1 saturated heterocycles. The summed E-state index contributed by atoms with van der Waals surface area (Å²) in [4.78, 5) is 21.4. The minimum atomic E-state index is 0.0563. The average Bonchev–Trinajstić information content (AvgIpc) is 3.08. The van der Waals surface area contributed by atoms with Crippen LogP contribution in [0.3, 0.4) is 0 Å². The van der Waals surface area contributed by atoms with Gasteiger partial charge in [0.1, 0.15) is 0 Å². The minimum absolute atomic E-state index is 0.0563. The van der Waals surface area contributed by atoms with Crippen LogP contribution in [0.1, 0.15) is 28.9 Å². The first-order valence-corrected chi connectivity index (χ1v) is 9.01. The van der Waals surface area contributed by atoms with Gasteiger partial charge in [-0.2, -0.15) is 5.10 Å². The maximum atomic E-state index is 12.9. The van der Waals surface area contributed by atoms with E-state index in [0.29, 0.717) is 17.3 Å². The van der Waals surface area contributed by atoms with Crippen molar-refractivity contribution in [1.29, 1.82) is 0 Å². The summed E-state index contributed by atoms with van der Waals surface area (Å²) in [5, 5.41) is 7.95.